The third-order valence-electron chi connectivity index (χ3n) is 4.26. The molecule has 0 saturated carbocycles. The SMILES string of the molecule is Cc1c(F)c(C(=O)Nc2cccc(Cl)c2)c(F)c(F)c1N1CCCC1. The van der Waals surface area contributed by atoms with E-state index in [1.165, 1.54) is 19.1 Å². The van der Waals surface area contributed by atoms with E-state index < -0.39 is 28.9 Å². The van der Waals surface area contributed by atoms with Crippen LogP contribution in [0.4, 0.5) is 24.5 Å². The van der Waals surface area contributed by atoms with E-state index in [2.05, 4.69) is 5.32 Å². The molecule has 1 aliphatic heterocycles. The first-order valence-electron chi connectivity index (χ1n) is 7.89. The highest BCUT2D eigenvalue weighted by molar-refractivity contribution is 6.31. The minimum Gasteiger partial charge on any atom is -0.369 e. The van der Waals surface area contributed by atoms with Gasteiger partial charge in [-0.3, -0.25) is 4.79 Å². The van der Waals surface area contributed by atoms with Crippen LogP contribution in [0.5, 0.6) is 0 Å². The zero-order chi connectivity index (χ0) is 18.1. The van der Waals surface area contributed by atoms with Crippen LogP contribution >= 0.6 is 11.6 Å². The summed E-state index contributed by atoms with van der Waals surface area (Å²) in [4.78, 5) is 13.9. The molecule has 132 valence electrons. The van der Waals surface area contributed by atoms with Gasteiger partial charge < -0.3 is 10.2 Å². The molecule has 2 aromatic carbocycles. The number of hydrogen-bond acceptors (Lipinski definition) is 2. The highest BCUT2D eigenvalue weighted by Crippen LogP contribution is 2.34. The second kappa shape index (κ2) is 6.96. The maximum atomic E-state index is 14.7. The Morgan fingerprint density at radius 3 is 2.44 bits per heavy atom. The molecule has 0 bridgehead atoms. The Balaban J connectivity index is 2.00. The van der Waals surface area contributed by atoms with Crippen LogP contribution in [-0.2, 0) is 0 Å². The van der Waals surface area contributed by atoms with Gasteiger partial charge >= 0.3 is 0 Å². The Bertz CT molecular complexity index is 806. The maximum Gasteiger partial charge on any atom is 0.261 e. The fraction of sp³-hybridized carbons (Fsp3) is 0.278. The predicted octanol–water partition coefficient (Wildman–Crippen LogP) is 4.92. The Kier molecular flexibility index (Phi) is 4.90. The zero-order valence-corrected chi connectivity index (χ0v) is 14.3. The fourth-order valence-corrected chi connectivity index (χ4v) is 3.23. The summed E-state index contributed by atoms with van der Waals surface area (Å²) in [5.74, 6) is -4.80. The third-order valence-corrected chi connectivity index (χ3v) is 4.49. The molecule has 0 radical (unpaired) electrons. The van der Waals surface area contributed by atoms with Gasteiger partial charge in [-0.2, -0.15) is 0 Å². The highest BCUT2D eigenvalue weighted by atomic mass is 35.5. The molecular formula is C18H16ClF3N2O. The second-order valence-corrected chi connectivity index (χ2v) is 6.39. The summed E-state index contributed by atoms with van der Waals surface area (Å²) in [5.41, 5.74) is -0.847. The van der Waals surface area contributed by atoms with Crippen LogP contribution in [0, 0.1) is 24.4 Å². The molecule has 25 heavy (non-hydrogen) atoms. The highest BCUT2D eigenvalue weighted by Gasteiger charge is 2.30. The fourth-order valence-electron chi connectivity index (χ4n) is 3.04. The lowest BCUT2D eigenvalue weighted by Gasteiger charge is -2.22. The molecule has 1 saturated heterocycles. The van der Waals surface area contributed by atoms with Crippen molar-refractivity contribution in [2.75, 3.05) is 23.3 Å². The van der Waals surface area contributed by atoms with Crippen molar-refractivity contribution in [3.63, 3.8) is 0 Å². The lowest BCUT2D eigenvalue weighted by molar-refractivity contribution is 0.101. The zero-order valence-electron chi connectivity index (χ0n) is 13.5. The van der Waals surface area contributed by atoms with Crippen molar-refractivity contribution in [1.29, 1.82) is 0 Å². The van der Waals surface area contributed by atoms with Gasteiger partial charge in [0.15, 0.2) is 11.6 Å². The van der Waals surface area contributed by atoms with Crippen molar-refractivity contribution in [2.24, 2.45) is 0 Å². The number of amides is 1. The van der Waals surface area contributed by atoms with Gasteiger partial charge in [0, 0.05) is 29.4 Å². The molecule has 0 atom stereocenters. The van der Waals surface area contributed by atoms with E-state index in [0.29, 0.717) is 18.1 Å². The first-order valence-corrected chi connectivity index (χ1v) is 8.27. The number of rotatable bonds is 3. The van der Waals surface area contributed by atoms with E-state index in [4.69, 9.17) is 11.6 Å². The molecule has 7 heteroatoms. The van der Waals surface area contributed by atoms with Crippen LogP contribution in [0.25, 0.3) is 0 Å². The van der Waals surface area contributed by atoms with E-state index in [1.54, 1.807) is 17.0 Å². The Hall–Kier alpha value is -2.21. The number of carbonyl (C=O) groups is 1. The van der Waals surface area contributed by atoms with Gasteiger partial charge in [0.05, 0.1) is 5.69 Å². The molecule has 3 nitrogen and oxygen atoms in total. The van der Waals surface area contributed by atoms with E-state index in [9.17, 15) is 18.0 Å². The van der Waals surface area contributed by atoms with Crippen molar-refractivity contribution in [3.05, 3.63) is 57.9 Å². The average Bonchev–Trinajstić information content (AvgIpc) is 3.07. The topological polar surface area (TPSA) is 32.3 Å². The quantitative estimate of drug-likeness (QED) is 0.780. The molecule has 1 heterocycles. The van der Waals surface area contributed by atoms with Crippen LogP contribution in [0.15, 0.2) is 24.3 Å². The second-order valence-electron chi connectivity index (χ2n) is 5.95. The number of anilines is 2. The van der Waals surface area contributed by atoms with Gasteiger partial charge in [-0.05, 0) is 38.0 Å². The van der Waals surface area contributed by atoms with Crippen LogP contribution in [0.3, 0.4) is 0 Å². The maximum absolute atomic E-state index is 14.7. The Morgan fingerprint density at radius 2 is 1.80 bits per heavy atom. The van der Waals surface area contributed by atoms with Crippen LogP contribution < -0.4 is 10.2 Å². The minimum atomic E-state index is -1.48. The largest absolute Gasteiger partial charge is 0.369 e. The van der Waals surface area contributed by atoms with Crippen molar-refractivity contribution in [2.45, 2.75) is 19.8 Å². The molecule has 1 aliphatic rings. The summed E-state index contributed by atoms with van der Waals surface area (Å²) in [6.07, 6.45) is 1.66. The van der Waals surface area contributed by atoms with Crippen molar-refractivity contribution in [3.8, 4) is 0 Å². The molecule has 0 spiro atoms. The Morgan fingerprint density at radius 1 is 1.12 bits per heavy atom. The summed E-state index contributed by atoms with van der Waals surface area (Å²) in [6.45, 7) is 2.41. The molecule has 1 N–H and O–H groups in total. The number of hydrogen-bond donors (Lipinski definition) is 1. The molecule has 0 aromatic heterocycles. The summed E-state index contributed by atoms with van der Waals surface area (Å²) < 4.78 is 43.7. The van der Waals surface area contributed by atoms with E-state index in [1.807, 2.05) is 0 Å². The van der Waals surface area contributed by atoms with E-state index in [0.717, 1.165) is 12.8 Å². The summed E-state index contributed by atoms with van der Waals surface area (Å²) in [6, 6.07) is 6.11. The minimum absolute atomic E-state index is 0.0722. The van der Waals surface area contributed by atoms with Crippen LogP contribution in [-0.4, -0.2) is 19.0 Å². The predicted molar refractivity (Wildman–Crippen MR) is 91.9 cm³/mol. The molecule has 1 amide bonds. The molecule has 1 fully saturated rings. The number of nitrogens with one attached hydrogen (secondary N) is 1. The first kappa shape index (κ1) is 17.6. The normalized spacial score (nSPS) is 14.0. The molecular weight excluding hydrogens is 353 g/mol. The van der Waals surface area contributed by atoms with Gasteiger partial charge in [-0.25, -0.2) is 13.2 Å². The van der Waals surface area contributed by atoms with Crippen molar-refractivity contribution >= 4 is 28.9 Å². The van der Waals surface area contributed by atoms with Gasteiger partial charge in [0.25, 0.3) is 5.91 Å². The third kappa shape index (κ3) is 3.31. The average molecular weight is 369 g/mol. The van der Waals surface area contributed by atoms with E-state index in [-0.39, 0.29) is 16.9 Å². The van der Waals surface area contributed by atoms with Gasteiger partial charge in [0.2, 0.25) is 0 Å². The monoisotopic (exact) mass is 368 g/mol. The van der Waals surface area contributed by atoms with E-state index >= 15 is 0 Å². The standard InChI is InChI=1S/C18H16ClF3N2O/c1-10-14(20)13(18(25)23-12-6-4-5-11(19)9-12)15(21)16(22)17(10)24-7-2-3-8-24/h4-6,9H,2-3,7-8H2,1H3,(H,23,25). The van der Waals surface area contributed by atoms with Gasteiger partial charge in [0.1, 0.15) is 11.4 Å². The van der Waals surface area contributed by atoms with Gasteiger partial charge in [-0.1, -0.05) is 17.7 Å². The molecule has 0 unspecified atom stereocenters. The summed E-state index contributed by atoms with van der Waals surface area (Å²) in [5, 5.41) is 2.69. The number of halogens is 4. The molecule has 3 rings (SSSR count). The van der Waals surface area contributed by atoms with Crippen LogP contribution in [0.2, 0.25) is 5.02 Å². The molecule has 2 aromatic rings. The number of benzene rings is 2. The lowest BCUT2D eigenvalue weighted by Crippen LogP contribution is -2.24. The van der Waals surface area contributed by atoms with Gasteiger partial charge in [-0.15, -0.1) is 0 Å². The number of nitrogens with zero attached hydrogens (tertiary/aromatic N) is 1. The smallest absolute Gasteiger partial charge is 0.261 e. The molecule has 0 aliphatic carbocycles. The summed E-state index contributed by atoms with van der Waals surface area (Å²) >= 11 is 5.82. The number of carbonyl (C=O) groups excluding carboxylic acids is 1. The van der Waals surface area contributed by atoms with Crippen molar-refractivity contribution in [1.82, 2.24) is 0 Å². The Labute approximate surface area is 148 Å². The first-order chi connectivity index (χ1) is 11.9. The van der Waals surface area contributed by atoms with Crippen LogP contribution in [0.1, 0.15) is 28.8 Å². The summed E-state index contributed by atoms with van der Waals surface area (Å²) in [7, 11) is 0. The van der Waals surface area contributed by atoms with Crippen molar-refractivity contribution < 1.29 is 18.0 Å². The lowest BCUT2D eigenvalue weighted by atomic mass is 10.0.